The number of hydrogen-bond acceptors (Lipinski definition) is 7. The largest absolute Gasteiger partial charge is 0.481 e. The number of carbonyl (C=O) groups is 5. The molecule has 0 aromatic heterocycles. The summed E-state index contributed by atoms with van der Waals surface area (Å²) in [5.74, 6) is -4.18. The summed E-state index contributed by atoms with van der Waals surface area (Å²) < 4.78 is 0. The summed E-state index contributed by atoms with van der Waals surface area (Å²) in [5, 5.41) is 23.4. The van der Waals surface area contributed by atoms with Crippen LogP contribution in [0.4, 0.5) is 0 Å². The van der Waals surface area contributed by atoms with Gasteiger partial charge in [0.1, 0.15) is 18.1 Å². The SMILES string of the molecule is CC(C)CC(NC(=O)C(CCCN=C(N)N)NC(=O)C1CCCN1C(=O)C(N)CCC(=O)O)C(=O)O. The van der Waals surface area contributed by atoms with Crippen molar-refractivity contribution in [2.75, 3.05) is 13.1 Å². The van der Waals surface area contributed by atoms with E-state index in [1.165, 1.54) is 4.90 Å². The lowest BCUT2D eigenvalue weighted by molar-refractivity contribution is -0.143. The lowest BCUT2D eigenvalue weighted by atomic mass is 10.0. The fourth-order valence-electron chi connectivity index (χ4n) is 3.92. The number of likely N-dealkylation sites (tertiary alicyclic amines) is 1. The van der Waals surface area contributed by atoms with Gasteiger partial charge in [-0.15, -0.1) is 0 Å². The van der Waals surface area contributed by atoms with Crippen molar-refractivity contribution in [3.05, 3.63) is 0 Å². The first kappa shape index (κ1) is 30.6. The molecule has 4 atom stereocenters. The van der Waals surface area contributed by atoms with Gasteiger partial charge in [0.2, 0.25) is 17.7 Å². The van der Waals surface area contributed by atoms with Crippen LogP contribution in [0.1, 0.15) is 58.8 Å². The number of nitrogens with zero attached hydrogens (tertiary/aromatic N) is 2. The Bertz CT molecular complexity index is 830. The molecule has 14 nitrogen and oxygen atoms in total. The van der Waals surface area contributed by atoms with Gasteiger partial charge in [-0.1, -0.05) is 13.8 Å². The van der Waals surface area contributed by atoms with E-state index >= 15 is 0 Å². The Hall–Kier alpha value is -3.42. The zero-order valence-electron chi connectivity index (χ0n) is 20.8. The minimum Gasteiger partial charge on any atom is -0.481 e. The van der Waals surface area contributed by atoms with Gasteiger partial charge in [-0.3, -0.25) is 24.2 Å². The van der Waals surface area contributed by atoms with Crippen molar-refractivity contribution in [1.29, 1.82) is 0 Å². The molecule has 0 aromatic rings. The van der Waals surface area contributed by atoms with Gasteiger partial charge in [-0.05, 0) is 44.4 Å². The van der Waals surface area contributed by atoms with Crippen LogP contribution in [0.2, 0.25) is 0 Å². The molecule has 0 saturated carbocycles. The zero-order chi connectivity index (χ0) is 27.4. The summed E-state index contributed by atoms with van der Waals surface area (Å²) in [6, 6.07) is -4.17. The molecular formula is C22H39N7O7. The third-order valence-electron chi connectivity index (χ3n) is 5.72. The highest BCUT2D eigenvalue weighted by molar-refractivity contribution is 5.94. The first-order valence-electron chi connectivity index (χ1n) is 12.0. The van der Waals surface area contributed by atoms with Crippen LogP contribution in [-0.4, -0.2) is 88.0 Å². The zero-order valence-corrected chi connectivity index (χ0v) is 20.8. The average molecular weight is 514 g/mol. The van der Waals surface area contributed by atoms with Crippen LogP contribution in [0.15, 0.2) is 4.99 Å². The van der Waals surface area contributed by atoms with Crippen molar-refractivity contribution in [2.24, 2.45) is 28.1 Å². The molecule has 1 aliphatic heterocycles. The number of carbonyl (C=O) groups excluding carboxylic acids is 3. The van der Waals surface area contributed by atoms with Crippen molar-refractivity contribution in [3.8, 4) is 0 Å². The first-order valence-corrected chi connectivity index (χ1v) is 12.0. The Labute approximate surface area is 210 Å². The molecule has 0 bridgehead atoms. The molecule has 0 spiro atoms. The number of guanidine groups is 1. The minimum absolute atomic E-state index is 0.00435. The second-order valence-corrected chi connectivity index (χ2v) is 9.27. The van der Waals surface area contributed by atoms with Gasteiger partial charge in [0, 0.05) is 19.5 Å². The van der Waals surface area contributed by atoms with Gasteiger partial charge < -0.3 is 42.9 Å². The van der Waals surface area contributed by atoms with Gasteiger partial charge in [-0.25, -0.2) is 4.79 Å². The Morgan fingerprint density at radius 2 is 1.72 bits per heavy atom. The Balaban J connectivity index is 2.95. The van der Waals surface area contributed by atoms with Gasteiger partial charge in [0.05, 0.1) is 6.04 Å². The number of rotatable bonds is 15. The third kappa shape index (κ3) is 10.5. The van der Waals surface area contributed by atoms with Gasteiger partial charge in [0.25, 0.3) is 0 Å². The van der Waals surface area contributed by atoms with E-state index in [0.29, 0.717) is 19.3 Å². The van der Waals surface area contributed by atoms with Crippen molar-refractivity contribution in [2.45, 2.75) is 83.0 Å². The number of hydrogen-bond donors (Lipinski definition) is 7. The molecule has 10 N–H and O–H groups in total. The first-order chi connectivity index (χ1) is 16.8. The Kier molecular flexibility index (Phi) is 12.6. The van der Waals surface area contributed by atoms with Gasteiger partial charge >= 0.3 is 11.9 Å². The van der Waals surface area contributed by atoms with Crippen LogP contribution < -0.4 is 27.8 Å². The van der Waals surface area contributed by atoms with Crippen LogP contribution in [0.3, 0.4) is 0 Å². The monoisotopic (exact) mass is 513 g/mol. The predicted octanol–water partition coefficient (Wildman–Crippen LogP) is -1.68. The molecule has 3 amide bonds. The van der Waals surface area contributed by atoms with Crippen LogP contribution in [0.25, 0.3) is 0 Å². The van der Waals surface area contributed by atoms with Crippen LogP contribution >= 0.6 is 0 Å². The van der Waals surface area contributed by atoms with E-state index in [9.17, 15) is 29.1 Å². The summed E-state index contributed by atoms with van der Waals surface area (Å²) in [6.45, 7) is 4.12. The number of aliphatic imine (C=N–C) groups is 1. The molecule has 36 heavy (non-hydrogen) atoms. The smallest absolute Gasteiger partial charge is 0.326 e. The van der Waals surface area contributed by atoms with Crippen LogP contribution in [0, 0.1) is 5.92 Å². The molecule has 0 aliphatic carbocycles. The molecule has 1 saturated heterocycles. The topological polar surface area (TPSA) is 244 Å². The molecule has 1 heterocycles. The highest BCUT2D eigenvalue weighted by atomic mass is 16.4. The maximum atomic E-state index is 13.1. The fraction of sp³-hybridized carbons (Fsp3) is 0.727. The number of amides is 3. The lowest BCUT2D eigenvalue weighted by Gasteiger charge is -2.28. The van der Waals surface area contributed by atoms with Crippen LogP contribution in [-0.2, 0) is 24.0 Å². The Morgan fingerprint density at radius 3 is 2.28 bits per heavy atom. The summed E-state index contributed by atoms with van der Waals surface area (Å²) in [4.78, 5) is 66.3. The highest BCUT2D eigenvalue weighted by Gasteiger charge is 2.38. The second-order valence-electron chi connectivity index (χ2n) is 9.27. The number of carboxylic acid groups (broad SMARTS) is 2. The molecule has 1 aliphatic rings. The summed E-state index contributed by atoms with van der Waals surface area (Å²) in [5.41, 5.74) is 16.5. The summed E-state index contributed by atoms with van der Waals surface area (Å²) >= 11 is 0. The fourth-order valence-corrected chi connectivity index (χ4v) is 3.92. The minimum atomic E-state index is -1.19. The normalized spacial score (nSPS) is 17.7. The van der Waals surface area contributed by atoms with Crippen molar-refractivity contribution in [1.82, 2.24) is 15.5 Å². The van der Waals surface area contributed by atoms with E-state index in [2.05, 4.69) is 15.6 Å². The van der Waals surface area contributed by atoms with E-state index in [1.54, 1.807) is 0 Å². The van der Waals surface area contributed by atoms with E-state index in [-0.39, 0.29) is 50.7 Å². The maximum absolute atomic E-state index is 13.1. The van der Waals surface area contributed by atoms with E-state index < -0.39 is 53.8 Å². The molecule has 1 fully saturated rings. The Morgan fingerprint density at radius 1 is 1.06 bits per heavy atom. The highest BCUT2D eigenvalue weighted by Crippen LogP contribution is 2.20. The maximum Gasteiger partial charge on any atom is 0.326 e. The molecular weight excluding hydrogens is 474 g/mol. The van der Waals surface area contributed by atoms with Crippen LogP contribution in [0.5, 0.6) is 0 Å². The molecule has 0 aromatic carbocycles. The van der Waals surface area contributed by atoms with Crippen molar-refractivity contribution < 1.29 is 34.2 Å². The number of nitrogens with one attached hydrogen (secondary N) is 2. The second kappa shape index (κ2) is 14.9. The van der Waals surface area contributed by atoms with Gasteiger partial charge in [-0.2, -0.15) is 0 Å². The quantitative estimate of drug-likeness (QED) is 0.0744. The van der Waals surface area contributed by atoms with Gasteiger partial charge in [0.15, 0.2) is 5.96 Å². The van der Waals surface area contributed by atoms with Crippen molar-refractivity contribution >= 4 is 35.6 Å². The molecule has 14 heteroatoms. The van der Waals surface area contributed by atoms with E-state index in [4.69, 9.17) is 22.3 Å². The number of nitrogens with two attached hydrogens (primary N) is 3. The summed E-state index contributed by atoms with van der Waals surface area (Å²) in [7, 11) is 0. The predicted molar refractivity (Wildman–Crippen MR) is 130 cm³/mol. The summed E-state index contributed by atoms with van der Waals surface area (Å²) in [6.07, 6.45) is 1.18. The molecule has 0 radical (unpaired) electrons. The molecule has 204 valence electrons. The average Bonchev–Trinajstić information content (AvgIpc) is 3.27. The lowest BCUT2D eigenvalue weighted by Crippen LogP contribution is -2.56. The van der Waals surface area contributed by atoms with E-state index in [0.717, 1.165) is 0 Å². The number of carboxylic acids is 2. The number of aliphatic carboxylic acids is 2. The third-order valence-corrected chi connectivity index (χ3v) is 5.72. The van der Waals surface area contributed by atoms with Crippen molar-refractivity contribution in [3.63, 3.8) is 0 Å². The molecule has 4 unspecified atom stereocenters. The molecule has 1 rings (SSSR count). The standard InChI is InChI=1S/C22H39N7O7/c1-12(2)11-15(21(35)36)28-18(32)14(5-3-9-26-22(24)25)27-19(33)16-6-4-10-29(16)20(34)13(23)7-8-17(30)31/h12-16H,3-11,23H2,1-2H3,(H,27,33)(H,28,32)(H,30,31)(H,35,36)(H4,24,25,26). The van der Waals surface area contributed by atoms with E-state index in [1.807, 2.05) is 13.8 Å².